The number of amidine groups is 1. The highest BCUT2D eigenvalue weighted by Gasteiger charge is 2.38. The molecule has 0 unspecified atom stereocenters. The van der Waals surface area contributed by atoms with Gasteiger partial charge in [-0.1, -0.05) is 32.0 Å². The summed E-state index contributed by atoms with van der Waals surface area (Å²) in [4.78, 5) is 14.9. The van der Waals surface area contributed by atoms with E-state index >= 15 is 0 Å². The molecule has 0 spiro atoms. The highest BCUT2D eigenvalue weighted by molar-refractivity contribution is 6.14. The molecule has 1 rings (SSSR count). The number of hydrogen-bond acceptors (Lipinski definition) is 3. The molecule has 1 saturated heterocycles. The minimum atomic E-state index is -0.157. The summed E-state index contributed by atoms with van der Waals surface area (Å²) in [7, 11) is 1.60. The summed E-state index contributed by atoms with van der Waals surface area (Å²) in [5.41, 5.74) is 0.653. The van der Waals surface area contributed by atoms with Crippen LogP contribution < -0.4 is 0 Å². The van der Waals surface area contributed by atoms with Gasteiger partial charge in [-0.05, 0) is 12.3 Å². The van der Waals surface area contributed by atoms with Crippen LogP contribution in [-0.4, -0.2) is 40.5 Å². The normalized spacial score (nSPS) is 22.7. The minimum absolute atomic E-state index is 0.00430. The first kappa shape index (κ1) is 12.5. The SMILES string of the molecule is CC=C1/C(=N\O)N(C)C(=O)N1CC(C)(C)C. The number of urea groups is 1. The van der Waals surface area contributed by atoms with Gasteiger partial charge in [-0.2, -0.15) is 0 Å². The van der Waals surface area contributed by atoms with Crippen molar-refractivity contribution in [2.24, 2.45) is 10.6 Å². The predicted molar refractivity (Wildman–Crippen MR) is 62.3 cm³/mol. The van der Waals surface area contributed by atoms with Crippen LogP contribution >= 0.6 is 0 Å². The van der Waals surface area contributed by atoms with Crippen molar-refractivity contribution in [2.45, 2.75) is 27.7 Å². The number of oxime groups is 1. The Kier molecular flexibility index (Phi) is 3.26. The van der Waals surface area contributed by atoms with E-state index in [0.29, 0.717) is 18.1 Å². The summed E-state index contributed by atoms with van der Waals surface area (Å²) in [6.07, 6.45) is 1.78. The number of allylic oxidation sites excluding steroid dienone is 1. The second kappa shape index (κ2) is 4.15. The summed E-state index contributed by atoms with van der Waals surface area (Å²) < 4.78 is 0. The third-order valence-electron chi connectivity index (χ3n) is 2.36. The molecule has 5 heteroatoms. The molecule has 1 aliphatic heterocycles. The highest BCUT2D eigenvalue weighted by atomic mass is 16.4. The number of amides is 2. The number of likely N-dealkylation sites (N-methyl/N-ethyl adjacent to an activating group) is 1. The summed E-state index contributed by atoms with van der Waals surface area (Å²) in [6, 6.07) is -0.157. The van der Waals surface area contributed by atoms with Crippen LogP contribution in [0.1, 0.15) is 27.7 Å². The molecule has 0 aromatic carbocycles. The van der Waals surface area contributed by atoms with Crippen molar-refractivity contribution in [3.8, 4) is 0 Å². The zero-order chi connectivity index (χ0) is 12.5. The van der Waals surface area contributed by atoms with Crippen molar-refractivity contribution in [1.82, 2.24) is 9.80 Å². The van der Waals surface area contributed by atoms with E-state index in [9.17, 15) is 4.79 Å². The fraction of sp³-hybridized carbons (Fsp3) is 0.636. The maximum atomic E-state index is 11.9. The molecule has 0 aromatic heterocycles. The van der Waals surface area contributed by atoms with E-state index in [2.05, 4.69) is 25.9 Å². The van der Waals surface area contributed by atoms with Gasteiger partial charge < -0.3 is 5.21 Å². The quantitative estimate of drug-likeness (QED) is 0.548. The van der Waals surface area contributed by atoms with E-state index in [0.717, 1.165) is 0 Å². The van der Waals surface area contributed by atoms with Crippen LogP contribution in [0.2, 0.25) is 0 Å². The summed E-state index contributed by atoms with van der Waals surface area (Å²) in [5, 5.41) is 12.1. The number of carbonyl (C=O) groups is 1. The lowest BCUT2D eigenvalue weighted by Crippen LogP contribution is -2.35. The lowest BCUT2D eigenvalue weighted by Gasteiger charge is -2.26. The molecule has 5 nitrogen and oxygen atoms in total. The summed E-state index contributed by atoms with van der Waals surface area (Å²) in [5.74, 6) is 0.303. The fourth-order valence-corrected chi connectivity index (χ4v) is 1.70. The van der Waals surface area contributed by atoms with E-state index in [1.54, 1.807) is 18.0 Å². The maximum absolute atomic E-state index is 11.9. The number of nitrogens with zero attached hydrogens (tertiary/aromatic N) is 3. The van der Waals surface area contributed by atoms with Gasteiger partial charge in [0.05, 0.1) is 5.70 Å². The first-order chi connectivity index (χ1) is 7.31. The summed E-state index contributed by atoms with van der Waals surface area (Å²) >= 11 is 0. The number of hydrogen-bond donors (Lipinski definition) is 1. The molecule has 0 aromatic rings. The lowest BCUT2D eigenvalue weighted by molar-refractivity contribution is 0.189. The van der Waals surface area contributed by atoms with Crippen LogP contribution in [0.4, 0.5) is 4.79 Å². The first-order valence-electron chi connectivity index (χ1n) is 5.26. The highest BCUT2D eigenvalue weighted by Crippen LogP contribution is 2.26. The Labute approximate surface area is 96.0 Å². The monoisotopic (exact) mass is 225 g/mol. The third-order valence-corrected chi connectivity index (χ3v) is 2.36. The van der Waals surface area contributed by atoms with Crippen molar-refractivity contribution in [1.29, 1.82) is 0 Å². The van der Waals surface area contributed by atoms with Crippen LogP contribution in [0.5, 0.6) is 0 Å². The Morgan fingerprint density at radius 1 is 1.44 bits per heavy atom. The van der Waals surface area contributed by atoms with E-state index in [4.69, 9.17) is 5.21 Å². The van der Waals surface area contributed by atoms with Crippen LogP contribution in [-0.2, 0) is 0 Å². The largest absolute Gasteiger partial charge is 0.409 e. The number of rotatable bonds is 1. The molecular formula is C11H19N3O2. The average molecular weight is 225 g/mol. The fourth-order valence-electron chi connectivity index (χ4n) is 1.70. The van der Waals surface area contributed by atoms with Gasteiger partial charge in [0.2, 0.25) is 0 Å². The molecule has 16 heavy (non-hydrogen) atoms. The zero-order valence-corrected chi connectivity index (χ0v) is 10.5. The van der Waals surface area contributed by atoms with Gasteiger partial charge >= 0.3 is 6.03 Å². The second-order valence-corrected chi connectivity index (χ2v) is 5.09. The molecule has 0 bridgehead atoms. The van der Waals surface area contributed by atoms with E-state index in [1.165, 1.54) is 4.90 Å². The van der Waals surface area contributed by atoms with Crippen LogP contribution in [0.3, 0.4) is 0 Å². The zero-order valence-electron chi connectivity index (χ0n) is 10.5. The molecule has 0 radical (unpaired) electrons. The lowest BCUT2D eigenvalue weighted by atomic mass is 9.96. The second-order valence-electron chi connectivity index (χ2n) is 5.09. The van der Waals surface area contributed by atoms with Crippen LogP contribution in [0, 0.1) is 5.41 Å². The van der Waals surface area contributed by atoms with E-state index < -0.39 is 0 Å². The molecule has 1 heterocycles. The molecular weight excluding hydrogens is 206 g/mol. The Hall–Kier alpha value is -1.52. The predicted octanol–water partition coefficient (Wildman–Crippen LogP) is 2.09. The minimum Gasteiger partial charge on any atom is -0.409 e. The molecule has 0 aliphatic carbocycles. The van der Waals surface area contributed by atoms with E-state index in [1.807, 2.05) is 6.92 Å². The molecule has 1 fully saturated rings. The molecule has 90 valence electrons. The Balaban J connectivity index is 3.06. The molecule has 0 saturated carbocycles. The van der Waals surface area contributed by atoms with Crippen LogP contribution in [0.15, 0.2) is 16.9 Å². The van der Waals surface area contributed by atoms with Gasteiger partial charge in [0.25, 0.3) is 0 Å². The van der Waals surface area contributed by atoms with Gasteiger partial charge in [-0.3, -0.25) is 9.80 Å². The van der Waals surface area contributed by atoms with Crippen molar-refractivity contribution < 1.29 is 10.0 Å². The molecule has 0 atom stereocenters. The third kappa shape index (κ3) is 2.18. The molecule has 1 N–H and O–H groups in total. The standard InChI is InChI=1S/C11H19N3O2/c1-6-8-9(12-16)13(5)10(15)14(8)7-11(2,3)4/h6,16H,7H2,1-5H3/b8-6?,12-9+. The molecule has 2 amide bonds. The van der Waals surface area contributed by atoms with Crippen molar-refractivity contribution in [2.75, 3.05) is 13.6 Å². The van der Waals surface area contributed by atoms with Gasteiger partial charge in [-0.15, -0.1) is 0 Å². The summed E-state index contributed by atoms with van der Waals surface area (Å²) in [6.45, 7) is 8.59. The Bertz CT molecular complexity index is 353. The van der Waals surface area contributed by atoms with Gasteiger partial charge in [0, 0.05) is 13.6 Å². The van der Waals surface area contributed by atoms with E-state index in [-0.39, 0.29) is 11.4 Å². The number of carbonyl (C=O) groups excluding carboxylic acids is 1. The van der Waals surface area contributed by atoms with Crippen molar-refractivity contribution >= 4 is 11.9 Å². The van der Waals surface area contributed by atoms with Gasteiger partial charge in [-0.25, -0.2) is 4.79 Å². The van der Waals surface area contributed by atoms with Crippen LogP contribution in [0.25, 0.3) is 0 Å². The Morgan fingerprint density at radius 3 is 2.38 bits per heavy atom. The van der Waals surface area contributed by atoms with Gasteiger partial charge in [0.15, 0.2) is 5.84 Å². The topological polar surface area (TPSA) is 56.1 Å². The maximum Gasteiger partial charge on any atom is 0.330 e. The Morgan fingerprint density at radius 2 is 2.00 bits per heavy atom. The molecule has 1 aliphatic rings. The van der Waals surface area contributed by atoms with Gasteiger partial charge in [0.1, 0.15) is 0 Å². The first-order valence-corrected chi connectivity index (χ1v) is 5.26. The van der Waals surface area contributed by atoms with Crippen molar-refractivity contribution in [3.63, 3.8) is 0 Å². The smallest absolute Gasteiger partial charge is 0.330 e. The average Bonchev–Trinajstić information content (AvgIpc) is 2.39. The van der Waals surface area contributed by atoms with Crippen molar-refractivity contribution in [3.05, 3.63) is 11.8 Å².